The van der Waals surface area contributed by atoms with Crippen LogP contribution in [0.15, 0.2) is 143 Å². The van der Waals surface area contributed by atoms with Gasteiger partial charge in [0.25, 0.3) is 0 Å². The molecule has 2 rings (SSSR count). The predicted octanol–water partition coefficient (Wildman–Crippen LogP) is 11.2. The summed E-state index contributed by atoms with van der Waals surface area (Å²) in [5.41, 5.74) is 8.73. The third-order valence-corrected chi connectivity index (χ3v) is 8.33. The normalized spacial score (nSPS) is 25.5. The average molecular weight is 597 g/mol. The molecule has 44 heavy (non-hydrogen) atoms. The molecule has 0 radical (unpaired) electrons. The molecule has 0 amide bonds. The minimum atomic E-state index is -0.331. The fourth-order valence-corrected chi connectivity index (χ4v) is 6.14. The third kappa shape index (κ3) is 13.6. The zero-order valence-electron chi connectivity index (χ0n) is 29.3. The summed E-state index contributed by atoms with van der Waals surface area (Å²) >= 11 is 0. The van der Waals surface area contributed by atoms with E-state index in [1.54, 1.807) is 0 Å². The van der Waals surface area contributed by atoms with Gasteiger partial charge < -0.3 is 10.2 Å². The molecular formula is C42H60O2. The van der Waals surface area contributed by atoms with Crippen molar-refractivity contribution in [1.29, 1.82) is 0 Å². The lowest BCUT2D eigenvalue weighted by Gasteiger charge is -2.38. The van der Waals surface area contributed by atoms with Gasteiger partial charge in [-0.1, -0.05) is 152 Å². The summed E-state index contributed by atoms with van der Waals surface area (Å²) in [5, 5.41) is 20.2. The monoisotopic (exact) mass is 596 g/mol. The fourth-order valence-electron chi connectivity index (χ4n) is 6.14. The largest absolute Gasteiger partial charge is 0.393 e. The van der Waals surface area contributed by atoms with Crippen molar-refractivity contribution < 1.29 is 10.2 Å². The van der Waals surface area contributed by atoms with E-state index in [-0.39, 0.29) is 23.0 Å². The minimum absolute atomic E-state index is 0.00528. The van der Waals surface area contributed by atoms with Gasteiger partial charge in [-0.2, -0.15) is 0 Å². The first-order chi connectivity index (χ1) is 20.6. The summed E-state index contributed by atoms with van der Waals surface area (Å²) < 4.78 is 0. The number of hydrogen-bond acceptors (Lipinski definition) is 2. The summed E-state index contributed by atoms with van der Waals surface area (Å²) in [6.45, 7) is 27.6. The highest BCUT2D eigenvalue weighted by Gasteiger charge is 2.34. The van der Waals surface area contributed by atoms with E-state index in [1.807, 2.05) is 6.08 Å². The molecule has 0 heterocycles. The van der Waals surface area contributed by atoms with Crippen molar-refractivity contribution in [3.05, 3.63) is 143 Å². The lowest BCUT2D eigenvalue weighted by Crippen LogP contribution is -2.32. The number of allylic oxidation sites excluding steroid dienone is 20. The van der Waals surface area contributed by atoms with Crippen LogP contribution in [0.4, 0.5) is 0 Å². The second kappa shape index (κ2) is 18.6. The van der Waals surface area contributed by atoms with E-state index in [4.69, 9.17) is 0 Å². The van der Waals surface area contributed by atoms with Gasteiger partial charge in [0.15, 0.2) is 0 Å². The van der Waals surface area contributed by atoms with Crippen LogP contribution in [0.1, 0.15) is 88.5 Å². The van der Waals surface area contributed by atoms with Crippen LogP contribution in [-0.2, 0) is 0 Å². The van der Waals surface area contributed by atoms with Gasteiger partial charge in [-0.25, -0.2) is 0 Å². The number of hydrogen-bond donors (Lipinski definition) is 2. The standard InChI is InChI=1S/C40H56O2.C2H4/c1-29(17-13-19-31(3)21-23-37-33(5)25-35(41)27-39(37,7)8)15-11-12-16-30(2)18-14-20-32(4)22-24-38-34(6)26-36(42)28-40(38,9)10;1-2/h11-25,35-37,41-42H,26-28H2,1-10H3;1-2H2/b12-11+,17-13+,18-14+,23-21+,24-22+,29-15+,30-16+,31-19+,32-20+;. The molecular weight excluding hydrogens is 536 g/mol. The fraction of sp³-hybridized carbons (Fsp3) is 0.429. The predicted molar refractivity (Wildman–Crippen MR) is 195 cm³/mol. The van der Waals surface area contributed by atoms with Crippen molar-refractivity contribution >= 4 is 0 Å². The molecule has 2 heteroatoms. The van der Waals surface area contributed by atoms with E-state index in [9.17, 15) is 10.2 Å². The highest BCUT2D eigenvalue weighted by atomic mass is 16.3. The quantitative estimate of drug-likeness (QED) is 0.194. The highest BCUT2D eigenvalue weighted by molar-refractivity contribution is 5.38. The molecule has 0 aromatic carbocycles. The average Bonchev–Trinajstić information content (AvgIpc) is 2.90. The van der Waals surface area contributed by atoms with Crippen molar-refractivity contribution in [3.63, 3.8) is 0 Å². The Morgan fingerprint density at radius 2 is 1.20 bits per heavy atom. The van der Waals surface area contributed by atoms with Crippen LogP contribution in [0, 0.1) is 16.7 Å². The van der Waals surface area contributed by atoms with E-state index in [2.05, 4.69) is 167 Å². The van der Waals surface area contributed by atoms with Gasteiger partial charge in [0, 0.05) is 5.92 Å². The number of aliphatic hydroxyl groups is 2. The molecule has 0 fully saturated rings. The zero-order valence-corrected chi connectivity index (χ0v) is 29.3. The second-order valence-electron chi connectivity index (χ2n) is 13.7. The van der Waals surface area contributed by atoms with Gasteiger partial charge in [-0.15, -0.1) is 13.2 Å². The Hall–Kier alpha value is -3.20. The van der Waals surface area contributed by atoms with E-state index in [1.165, 1.54) is 39.0 Å². The van der Waals surface area contributed by atoms with Gasteiger partial charge in [0.05, 0.1) is 12.2 Å². The Labute approximate surface area is 270 Å². The molecule has 3 unspecified atom stereocenters. The second-order valence-corrected chi connectivity index (χ2v) is 13.7. The van der Waals surface area contributed by atoms with Crippen LogP contribution in [0.5, 0.6) is 0 Å². The van der Waals surface area contributed by atoms with Crippen LogP contribution < -0.4 is 0 Å². The molecule has 0 bridgehead atoms. The van der Waals surface area contributed by atoms with Gasteiger partial charge in [-0.3, -0.25) is 0 Å². The maximum atomic E-state index is 10.1. The molecule has 0 saturated carbocycles. The summed E-state index contributed by atoms with van der Waals surface area (Å²) in [7, 11) is 0. The van der Waals surface area contributed by atoms with Crippen molar-refractivity contribution in [2.24, 2.45) is 16.7 Å². The van der Waals surface area contributed by atoms with Gasteiger partial charge in [0.1, 0.15) is 0 Å². The zero-order chi connectivity index (χ0) is 33.5. The first-order valence-electron chi connectivity index (χ1n) is 15.9. The topological polar surface area (TPSA) is 40.5 Å². The molecule has 3 atom stereocenters. The van der Waals surface area contributed by atoms with Crippen molar-refractivity contribution in [2.45, 2.75) is 101 Å². The van der Waals surface area contributed by atoms with E-state index in [0.717, 1.165) is 19.3 Å². The maximum absolute atomic E-state index is 10.1. The highest BCUT2D eigenvalue weighted by Crippen LogP contribution is 2.42. The van der Waals surface area contributed by atoms with Crippen LogP contribution in [0.3, 0.4) is 0 Å². The maximum Gasteiger partial charge on any atom is 0.0729 e. The van der Waals surface area contributed by atoms with E-state index >= 15 is 0 Å². The SMILES string of the molecule is C=C.CC1=CC(O)CC(C)(C)C1/C=C/C(C)=C/C=C/C(C)=C/C=C/C=C(C)/C=C/C=C(C)/C=C/C1=C(C)CC(O)CC1(C)C. The first kappa shape index (κ1) is 38.8. The molecule has 2 nitrogen and oxygen atoms in total. The molecule has 0 aromatic heterocycles. The molecule has 2 aliphatic carbocycles. The third-order valence-electron chi connectivity index (χ3n) is 8.33. The molecule has 240 valence electrons. The number of aliphatic hydroxyl groups excluding tert-OH is 2. The van der Waals surface area contributed by atoms with Gasteiger partial charge >= 0.3 is 0 Å². The summed E-state index contributed by atoms with van der Waals surface area (Å²) in [4.78, 5) is 0. The van der Waals surface area contributed by atoms with Crippen molar-refractivity contribution in [3.8, 4) is 0 Å². The van der Waals surface area contributed by atoms with E-state index in [0.29, 0.717) is 5.92 Å². The van der Waals surface area contributed by atoms with Crippen molar-refractivity contribution in [1.82, 2.24) is 0 Å². The lowest BCUT2D eigenvalue weighted by atomic mass is 9.67. The molecule has 0 aromatic rings. The minimum Gasteiger partial charge on any atom is -0.393 e. The van der Waals surface area contributed by atoms with Crippen molar-refractivity contribution in [2.75, 3.05) is 0 Å². The molecule has 2 N–H and O–H groups in total. The molecule has 0 aliphatic heterocycles. The van der Waals surface area contributed by atoms with Crippen LogP contribution in [-0.4, -0.2) is 22.4 Å². The first-order valence-corrected chi connectivity index (χ1v) is 15.9. The summed E-state index contributed by atoms with van der Waals surface area (Å²) in [6, 6.07) is 0. The lowest BCUT2D eigenvalue weighted by molar-refractivity contribution is 0.116. The van der Waals surface area contributed by atoms with Crippen LogP contribution >= 0.6 is 0 Å². The Morgan fingerprint density at radius 3 is 1.70 bits per heavy atom. The van der Waals surface area contributed by atoms with Gasteiger partial charge in [-0.05, 0) is 77.2 Å². The van der Waals surface area contributed by atoms with Crippen LogP contribution in [0.2, 0.25) is 0 Å². The van der Waals surface area contributed by atoms with Crippen LogP contribution in [0.25, 0.3) is 0 Å². The Morgan fingerprint density at radius 1 is 0.727 bits per heavy atom. The van der Waals surface area contributed by atoms with E-state index < -0.39 is 0 Å². The molecule has 2 aliphatic rings. The summed E-state index contributed by atoms with van der Waals surface area (Å²) in [6.07, 6.45) is 33.8. The summed E-state index contributed by atoms with van der Waals surface area (Å²) in [5.74, 6) is 0.348. The molecule has 0 spiro atoms. The number of rotatable bonds is 10. The smallest absolute Gasteiger partial charge is 0.0729 e. The Balaban J connectivity index is 0.00000474. The Kier molecular flexibility index (Phi) is 16.4. The Bertz CT molecular complexity index is 1290. The van der Waals surface area contributed by atoms with Gasteiger partial charge in [0.2, 0.25) is 0 Å². The molecule has 0 saturated heterocycles.